The summed E-state index contributed by atoms with van der Waals surface area (Å²) < 4.78 is 10.9. The topological polar surface area (TPSA) is 76.7 Å². The molecule has 0 aliphatic carbocycles. The number of rotatable bonds is 7. The van der Waals surface area contributed by atoms with Crippen LogP contribution in [0.3, 0.4) is 0 Å². The van der Waals surface area contributed by atoms with Crippen LogP contribution >= 0.6 is 0 Å². The average molecular weight is 384 g/mol. The number of hydrogen-bond acceptors (Lipinski definition) is 4. The van der Waals surface area contributed by atoms with Gasteiger partial charge in [0.25, 0.3) is 5.91 Å². The summed E-state index contributed by atoms with van der Waals surface area (Å²) in [6, 6.07) is 13.9. The third-order valence-corrected chi connectivity index (χ3v) is 3.65. The first kappa shape index (κ1) is 21.3. The van der Waals surface area contributed by atoms with Gasteiger partial charge in [-0.15, -0.1) is 0 Å². The summed E-state index contributed by atoms with van der Waals surface area (Å²) in [4.78, 5) is 24.2. The average Bonchev–Trinajstić information content (AvgIpc) is 2.62. The van der Waals surface area contributed by atoms with Crippen molar-refractivity contribution >= 4 is 23.4 Å². The predicted molar refractivity (Wildman–Crippen MR) is 111 cm³/mol. The number of unbranched alkanes of at least 4 members (excludes halogenated alkanes) is 1. The molecule has 2 N–H and O–H groups in total. The molecule has 0 unspecified atom stereocenters. The Bertz CT molecular complexity index is 795. The van der Waals surface area contributed by atoms with Crippen molar-refractivity contribution in [2.45, 2.75) is 46.1 Å². The smallest absolute Gasteiger partial charge is 0.412 e. The van der Waals surface area contributed by atoms with E-state index in [-0.39, 0.29) is 5.91 Å². The van der Waals surface area contributed by atoms with Crippen molar-refractivity contribution in [2.75, 3.05) is 17.2 Å². The summed E-state index contributed by atoms with van der Waals surface area (Å²) in [5.41, 5.74) is 1.16. The van der Waals surface area contributed by atoms with Gasteiger partial charge in [0.1, 0.15) is 11.4 Å². The number of ether oxygens (including phenoxy) is 2. The van der Waals surface area contributed by atoms with Crippen LogP contribution in [0, 0.1) is 0 Å². The fourth-order valence-electron chi connectivity index (χ4n) is 2.32. The lowest BCUT2D eigenvalue weighted by molar-refractivity contribution is 0.0635. The van der Waals surface area contributed by atoms with Gasteiger partial charge in [-0.25, -0.2) is 4.79 Å². The third-order valence-electron chi connectivity index (χ3n) is 3.65. The lowest BCUT2D eigenvalue weighted by Gasteiger charge is -2.19. The van der Waals surface area contributed by atoms with E-state index in [1.54, 1.807) is 63.2 Å². The highest BCUT2D eigenvalue weighted by molar-refractivity contribution is 6.04. The van der Waals surface area contributed by atoms with Crippen LogP contribution in [-0.2, 0) is 4.74 Å². The first-order valence-corrected chi connectivity index (χ1v) is 9.41. The molecule has 2 aromatic rings. The molecule has 28 heavy (non-hydrogen) atoms. The zero-order chi connectivity index (χ0) is 20.6. The molecular formula is C22H28N2O4. The molecule has 6 nitrogen and oxygen atoms in total. The van der Waals surface area contributed by atoms with Crippen LogP contribution in [0.25, 0.3) is 0 Å². The lowest BCUT2D eigenvalue weighted by Crippen LogP contribution is -2.27. The molecule has 150 valence electrons. The minimum Gasteiger partial charge on any atom is -0.494 e. The first-order valence-electron chi connectivity index (χ1n) is 9.41. The standard InChI is InChI=1S/C22H28N2O4/c1-5-6-14-27-19-9-7-8-16(15-19)20(25)23-17-10-12-18(13-11-17)24-21(26)28-22(2,3)4/h7-13,15H,5-6,14H2,1-4H3,(H,23,25)(H,24,26). The Labute approximate surface area is 166 Å². The van der Waals surface area contributed by atoms with E-state index < -0.39 is 11.7 Å². The Morgan fingerprint density at radius 1 is 0.964 bits per heavy atom. The number of carbonyl (C=O) groups excluding carboxylic acids is 2. The van der Waals surface area contributed by atoms with Crippen molar-refractivity contribution in [1.29, 1.82) is 0 Å². The quantitative estimate of drug-likeness (QED) is 0.621. The minimum atomic E-state index is -0.563. The van der Waals surface area contributed by atoms with E-state index in [1.807, 2.05) is 6.07 Å². The van der Waals surface area contributed by atoms with Crippen LogP contribution in [-0.4, -0.2) is 24.2 Å². The maximum atomic E-state index is 12.5. The van der Waals surface area contributed by atoms with Crippen LogP contribution < -0.4 is 15.4 Å². The van der Waals surface area contributed by atoms with Gasteiger partial charge in [0.05, 0.1) is 6.61 Å². The molecular weight excluding hydrogens is 356 g/mol. The summed E-state index contributed by atoms with van der Waals surface area (Å²) in [6.45, 7) is 8.13. The molecule has 2 amide bonds. The van der Waals surface area contributed by atoms with E-state index in [9.17, 15) is 9.59 Å². The Balaban J connectivity index is 1.94. The molecule has 2 rings (SSSR count). The van der Waals surface area contributed by atoms with E-state index >= 15 is 0 Å². The van der Waals surface area contributed by atoms with Gasteiger partial charge >= 0.3 is 6.09 Å². The van der Waals surface area contributed by atoms with Gasteiger partial charge in [-0.05, 0) is 69.7 Å². The number of carbonyl (C=O) groups is 2. The monoisotopic (exact) mass is 384 g/mol. The zero-order valence-electron chi connectivity index (χ0n) is 16.9. The fraction of sp³-hybridized carbons (Fsp3) is 0.364. The normalized spacial score (nSPS) is 10.9. The van der Waals surface area contributed by atoms with Gasteiger partial charge in [-0.3, -0.25) is 10.1 Å². The van der Waals surface area contributed by atoms with E-state index in [0.29, 0.717) is 29.3 Å². The van der Waals surface area contributed by atoms with Crippen LogP contribution in [0.4, 0.5) is 16.2 Å². The number of anilines is 2. The second-order valence-electron chi connectivity index (χ2n) is 7.39. The van der Waals surface area contributed by atoms with Crippen LogP contribution in [0.5, 0.6) is 5.75 Å². The van der Waals surface area contributed by atoms with Gasteiger partial charge in [0, 0.05) is 16.9 Å². The molecule has 0 bridgehead atoms. The molecule has 0 heterocycles. The largest absolute Gasteiger partial charge is 0.494 e. The van der Waals surface area contributed by atoms with E-state index in [1.165, 1.54) is 0 Å². The second kappa shape index (κ2) is 9.78. The van der Waals surface area contributed by atoms with Crippen molar-refractivity contribution < 1.29 is 19.1 Å². The molecule has 0 fully saturated rings. The molecule has 6 heteroatoms. The summed E-state index contributed by atoms with van der Waals surface area (Å²) in [5.74, 6) is 0.451. The zero-order valence-corrected chi connectivity index (χ0v) is 16.9. The van der Waals surface area contributed by atoms with Crippen molar-refractivity contribution in [3.63, 3.8) is 0 Å². The lowest BCUT2D eigenvalue weighted by atomic mass is 10.2. The number of nitrogens with one attached hydrogen (secondary N) is 2. The van der Waals surface area contributed by atoms with Gasteiger partial charge in [-0.1, -0.05) is 19.4 Å². The first-order chi connectivity index (χ1) is 13.3. The molecule has 0 saturated carbocycles. The molecule has 0 aromatic heterocycles. The maximum Gasteiger partial charge on any atom is 0.412 e. The SMILES string of the molecule is CCCCOc1cccc(C(=O)Nc2ccc(NC(=O)OC(C)(C)C)cc2)c1. The van der Waals surface area contributed by atoms with Gasteiger partial charge in [0.15, 0.2) is 0 Å². The summed E-state index contributed by atoms with van der Waals surface area (Å²) >= 11 is 0. The highest BCUT2D eigenvalue weighted by Gasteiger charge is 2.16. The molecule has 0 aliphatic rings. The number of hydrogen-bond donors (Lipinski definition) is 2. The van der Waals surface area contributed by atoms with Crippen LogP contribution in [0.2, 0.25) is 0 Å². The Kier molecular flexibility index (Phi) is 7.44. The highest BCUT2D eigenvalue weighted by atomic mass is 16.6. The number of amides is 2. The van der Waals surface area contributed by atoms with Gasteiger partial charge in [-0.2, -0.15) is 0 Å². The Morgan fingerprint density at radius 2 is 1.61 bits per heavy atom. The van der Waals surface area contributed by atoms with E-state index in [4.69, 9.17) is 9.47 Å². The summed E-state index contributed by atoms with van der Waals surface area (Å²) in [5, 5.41) is 5.49. The maximum absolute atomic E-state index is 12.5. The molecule has 0 radical (unpaired) electrons. The molecule has 0 saturated heterocycles. The fourth-order valence-corrected chi connectivity index (χ4v) is 2.32. The van der Waals surface area contributed by atoms with E-state index in [0.717, 1.165) is 12.8 Å². The molecule has 0 aliphatic heterocycles. The molecule has 2 aromatic carbocycles. The highest BCUT2D eigenvalue weighted by Crippen LogP contribution is 2.18. The van der Waals surface area contributed by atoms with Gasteiger partial charge < -0.3 is 14.8 Å². The third kappa shape index (κ3) is 7.31. The van der Waals surface area contributed by atoms with E-state index in [2.05, 4.69) is 17.6 Å². The number of benzene rings is 2. The van der Waals surface area contributed by atoms with Crippen molar-refractivity contribution in [3.8, 4) is 5.75 Å². The van der Waals surface area contributed by atoms with Crippen molar-refractivity contribution in [3.05, 3.63) is 54.1 Å². The molecule has 0 atom stereocenters. The second-order valence-corrected chi connectivity index (χ2v) is 7.39. The Hall–Kier alpha value is -3.02. The van der Waals surface area contributed by atoms with Crippen LogP contribution in [0.1, 0.15) is 50.9 Å². The van der Waals surface area contributed by atoms with Crippen molar-refractivity contribution in [1.82, 2.24) is 0 Å². The Morgan fingerprint density at radius 3 is 2.21 bits per heavy atom. The van der Waals surface area contributed by atoms with Crippen molar-refractivity contribution in [2.24, 2.45) is 0 Å². The predicted octanol–water partition coefficient (Wildman–Crippen LogP) is 5.46. The summed E-state index contributed by atoms with van der Waals surface area (Å²) in [6.07, 6.45) is 1.50. The van der Waals surface area contributed by atoms with Crippen LogP contribution in [0.15, 0.2) is 48.5 Å². The molecule has 0 spiro atoms. The summed E-state index contributed by atoms with van der Waals surface area (Å²) in [7, 11) is 0. The van der Waals surface area contributed by atoms with Gasteiger partial charge in [0.2, 0.25) is 0 Å². The minimum absolute atomic E-state index is 0.228.